The van der Waals surface area contributed by atoms with Gasteiger partial charge in [-0.2, -0.15) is 4.31 Å². The van der Waals surface area contributed by atoms with Gasteiger partial charge in [-0.25, -0.2) is 17.6 Å². The van der Waals surface area contributed by atoms with E-state index in [1.807, 2.05) is 0 Å². The molecule has 2 aliphatic heterocycles. The molecule has 0 spiro atoms. The Balaban J connectivity index is 1.53. The number of carbonyl (C=O) groups is 4. The number of carbonyl (C=O) groups excluding carboxylic acids is 4. The quantitative estimate of drug-likeness (QED) is 0.449. The van der Waals surface area contributed by atoms with Crippen LogP contribution >= 0.6 is 0 Å². The number of amides is 4. The molecule has 0 bridgehead atoms. The maximum atomic E-state index is 14.1. The monoisotopic (exact) mass is 623 g/mol. The summed E-state index contributed by atoms with van der Waals surface area (Å²) in [6, 6.07) is 2.19. The van der Waals surface area contributed by atoms with Crippen LogP contribution in [0, 0.1) is 5.82 Å². The number of hydrogen-bond donors (Lipinski definition) is 2. The summed E-state index contributed by atoms with van der Waals surface area (Å²) in [5.41, 5.74) is -0.0939. The van der Waals surface area contributed by atoms with Crippen LogP contribution in [0.3, 0.4) is 0 Å². The second kappa shape index (κ2) is 12.8. The normalized spacial score (nSPS) is 23.9. The number of fused-ring (bicyclic) bond motifs is 1. The van der Waals surface area contributed by atoms with Crippen LogP contribution < -0.4 is 10.6 Å². The molecule has 4 rings (SSSR count). The maximum Gasteiger partial charge on any atom is 0.410 e. The molecular weight excluding hydrogens is 581 g/mol. The number of rotatable bonds is 8. The minimum absolute atomic E-state index is 0.143. The number of benzene rings is 1. The molecule has 2 saturated heterocycles. The van der Waals surface area contributed by atoms with Crippen LogP contribution in [0.4, 0.5) is 9.18 Å². The summed E-state index contributed by atoms with van der Waals surface area (Å²) >= 11 is 0. The zero-order valence-corrected chi connectivity index (χ0v) is 26.2. The molecule has 43 heavy (non-hydrogen) atoms. The van der Waals surface area contributed by atoms with E-state index in [4.69, 9.17) is 4.74 Å². The van der Waals surface area contributed by atoms with Gasteiger partial charge in [0.15, 0.2) is 0 Å². The Hall–Kier alpha value is -3.26. The highest BCUT2D eigenvalue weighted by Gasteiger charge is 2.48. The molecule has 3 aliphatic rings. The fourth-order valence-electron chi connectivity index (χ4n) is 5.39. The molecule has 0 radical (unpaired) electrons. The number of ether oxygens (including phenoxy) is 1. The molecule has 3 fully saturated rings. The van der Waals surface area contributed by atoms with Gasteiger partial charge in [-0.05, 0) is 77.5 Å². The lowest BCUT2D eigenvalue weighted by atomic mass is 10.1. The van der Waals surface area contributed by atoms with Gasteiger partial charge in [0.25, 0.3) is 0 Å². The van der Waals surface area contributed by atoms with E-state index in [1.54, 1.807) is 32.9 Å². The predicted octanol–water partition coefficient (Wildman–Crippen LogP) is 1.74. The van der Waals surface area contributed by atoms with Crippen LogP contribution in [0.15, 0.2) is 24.3 Å². The fraction of sp³-hybridized carbons (Fsp3) is 0.655. The fourth-order valence-corrected chi connectivity index (χ4v) is 7.26. The number of likely N-dealkylation sites (N-methyl/N-ethyl adjacent to an activating group) is 1. The Morgan fingerprint density at radius 1 is 1.09 bits per heavy atom. The topological polar surface area (TPSA) is 145 Å². The van der Waals surface area contributed by atoms with Crippen LogP contribution in [0.5, 0.6) is 0 Å². The first-order valence-corrected chi connectivity index (χ1v) is 16.2. The lowest BCUT2D eigenvalue weighted by molar-refractivity contribution is -0.144. The molecule has 238 valence electrons. The highest BCUT2D eigenvalue weighted by Crippen LogP contribution is 2.34. The summed E-state index contributed by atoms with van der Waals surface area (Å²) in [5.74, 6) is -1.99. The summed E-state index contributed by atoms with van der Waals surface area (Å²) < 4.78 is 46.4. The van der Waals surface area contributed by atoms with Crippen LogP contribution in [-0.4, -0.2) is 101 Å². The SMILES string of the molecule is C[C@@H](C(=O)N[C@H]1CN(S(=O)(=O)C2CC2)CC[C@H]2CC[C@@H](C(=O)NCc3ccc(F)cc3)N2C1=O)N(C)C(=O)OC(C)(C)C. The van der Waals surface area contributed by atoms with Crippen LogP contribution in [0.25, 0.3) is 0 Å². The van der Waals surface area contributed by atoms with E-state index >= 15 is 0 Å². The van der Waals surface area contributed by atoms with E-state index in [0.29, 0.717) is 37.7 Å². The smallest absolute Gasteiger partial charge is 0.410 e. The Labute approximate surface area is 252 Å². The average Bonchev–Trinajstić information content (AvgIpc) is 3.72. The number of sulfonamides is 1. The van der Waals surface area contributed by atoms with Gasteiger partial charge >= 0.3 is 6.09 Å². The van der Waals surface area contributed by atoms with Crippen molar-refractivity contribution in [2.75, 3.05) is 20.1 Å². The Kier molecular flexibility index (Phi) is 9.69. The third kappa shape index (κ3) is 7.83. The van der Waals surface area contributed by atoms with Crippen LogP contribution in [0.2, 0.25) is 0 Å². The first kappa shape index (κ1) is 32.6. The lowest BCUT2D eigenvalue weighted by Gasteiger charge is -2.38. The van der Waals surface area contributed by atoms with Crippen molar-refractivity contribution in [1.29, 1.82) is 0 Å². The van der Waals surface area contributed by atoms with Crippen molar-refractivity contribution in [3.63, 3.8) is 0 Å². The lowest BCUT2D eigenvalue weighted by Crippen LogP contribution is -2.62. The van der Waals surface area contributed by atoms with E-state index in [9.17, 15) is 32.0 Å². The third-order valence-electron chi connectivity index (χ3n) is 8.10. The molecule has 14 heteroatoms. The molecule has 1 aromatic carbocycles. The summed E-state index contributed by atoms with van der Waals surface area (Å²) in [6.07, 6.45) is 1.60. The van der Waals surface area contributed by atoms with E-state index in [-0.39, 0.29) is 25.5 Å². The molecule has 2 heterocycles. The zero-order valence-electron chi connectivity index (χ0n) is 25.3. The molecule has 1 aliphatic carbocycles. The van der Waals surface area contributed by atoms with Gasteiger partial charge in [-0.15, -0.1) is 0 Å². The van der Waals surface area contributed by atoms with Gasteiger partial charge in [0.05, 0.1) is 5.25 Å². The van der Waals surface area contributed by atoms with Gasteiger partial charge in [0.2, 0.25) is 27.7 Å². The van der Waals surface area contributed by atoms with E-state index in [1.165, 1.54) is 35.3 Å². The molecule has 0 aromatic heterocycles. The Morgan fingerprint density at radius 2 is 1.74 bits per heavy atom. The van der Waals surface area contributed by atoms with Gasteiger partial charge < -0.3 is 20.3 Å². The molecule has 0 unspecified atom stereocenters. The first-order chi connectivity index (χ1) is 20.1. The van der Waals surface area contributed by atoms with Crippen molar-refractivity contribution >= 4 is 33.8 Å². The Morgan fingerprint density at radius 3 is 2.35 bits per heavy atom. The number of halogens is 1. The Bertz CT molecular complexity index is 1330. The summed E-state index contributed by atoms with van der Waals surface area (Å²) in [5, 5.41) is 5.00. The van der Waals surface area contributed by atoms with Crippen molar-refractivity contribution < 1.29 is 36.7 Å². The molecular formula is C29H42FN5O7S. The second-order valence-corrected chi connectivity index (χ2v) is 14.8. The molecule has 2 N–H and O–H groups in total. The molecule has 4 amide bonds. The molecule has 12 nitrogen and oxygen atoms in total. The predicted molar refractivity (Wildman–Crippen MR) is 155 cm³/mol. The first-order valence-electron chi connectivity index (χ1n) is 14.7. The summed E-state index contributed by atoms with van der Waals surface area (Å²) in [7, 11) is -2.27. The van der Waals surface area contributed by atoms with Gasteiger partial charge in [-0.1, -0.05) is 12.1 Å². The van der Waals surface area contributed by atoms with E-state index in [0.717, 1.165) is 4.90 Å². The highest BCUT2D eigenvalue weighted by atomic mass is 32.2. The minimum atomic E-state index is -3.67. The third-order valence-corrected chi connectivity index (χ3v) is 10.5. The number of nitrogens with one attached hydrogen (secondary N) is 2. The highest BCUT2D eigenvalue weighted by molar-refractivity contribution is 7.90. The average molecular weight is 624 g/mol. The standard InChI is InChI=1S/C29H42FN5O7S/c1-18(33(5)28(39)42-29(2,3)4)25(36)32-23-17-34(43(40,41)22-11-12-22)15-14-21-10-13-24(35(21)27(23)38)26(37)31-16-19-6-8-20(30)9-7-19/h6-9,18,21-24H,10-17H2,1-5H3,(H,31,37)(H,32,36)/t18-,21+,23-,24-/m0/s1. The summed E-state index contributed by atoms with van der Waals surface area (Å²) in [6.45, 7) is 6.59. The second-order valence-electron chi connectivity index (χ2n) is 12.6. The zero-order chi connectivity index (χ0) is 31.7. The molecule has 1 aromatic rings. The van der Waals surface area contributed by atoms with Crippen LogP contribution in [-0.2, 0) is 35.7 Å². The maximum absolute atomic E-state index is 14.1. The van der Waals surface area contributed by atoms with E-state index < -0.39 is 68.8 Å². The van der Waals surface area contributed by atoms with Gasteiger partial charge in [-0.3, -0.25) is 19.3 Å². The van der Waals surface area contributed by atoms with Crippen molar-refractivity contribution in [2.24, 2.45) is 0 Å². The van der Waals surface area contributed by atoms with Crippen molar-refractivity contribution in [3.8, 4) is 0 Å². The van der Waals surface area contributed by atoms with Crippen LogP contribution in [0.1, 0.15) is 65.4 Å². The largest absolute Gasteiger partial charge is 0.444 e. The van der Waals surface area contributed by atoms with E-state index in [2.05, 4.69) is 10.6 Å². The minimum Gasteiger partial charge on any atom is -0.444 e. The summed E-state index contributed by atoms with van der Waals surface area (Å²) in [4.78, 5) is 55.9. The van der Waals surface area contributed by atoms with Gasteiger partial charge in [0, 0.05) is 32.7 Å². The van der Waals surface area contributed by atoms with Crippen molar-refractivity contribution in [3.05, 3.63) is 35.6 Å². The van der Waals surface area contributed by atoms with Crippen molar-refractivity contribution in [2.45, 2.75) is 101 Å². The molecule has 4 atom stereocenters. The molecule has 1 saturated carbocycles. The van der Waals surface area contributed by atoms with Crippen molar-refractivity contribution in [1.82, 2.24) is 24.7 Å². The number of nitrogens with zero attached hydrogens (tertiary/aromatic N) is 3. The van der Waals surface area contributed by atoms with Gasteiger partial charge in [0.1, 0.15) is 29.5 Å². The number of hydrogen-bond acceptors (Lipinski definition) is 7.